The van der Waals surface area contributed by atoms with Crippen LogP contribution < -0.4 is 20.1 Å². The van der Waals surface area contributed by atoms with Crippen molar-refractivity contribution in [3.63, 3.8) is 0 Å². The SMILES string of the molecule is O=C1CCC(C(=O)NCCc2ccc3c(c2)OCO3)N1. The van der Waals surface area contributed by atoms with E-state index in [1.807, 2.05) is 18.2 Å². The van der Waals surface area contributed by atoms with E-state index < -0.39 is 0 Å². The van der Waals surface area contributed by atoms with Crippen LogP contribution in [0.15, 0.2) is 18.2 Å². The van der Waals surface area contributed by atoms with Gasteiger partial charge in [0.25, 0.3) is 0 Å². The molecule has 1 atom stereocenters. The lowest BCUT2D eigenvalue weighted by molar-refractivity contribution is -0.125. The number of nitrogens with one attached hydrogen (secondary N) is 2. The van der Waals surface area contributed by atoms with Gasteiger partial charge < -0.3 is 20.1 Å². The van der Waals surface area contributed by atoms with Gasteiger partial charge in [0.05, 0.1) is 0 Å². The van der Waals surface area contributed by atoms with Crippen molar-refractivity contribution in [2.45, 2.75) is 25.3 Å². The molecule has 0 saturated carbocycles. The lowest BCUT2D eigenvalue weighted by Gasteiger charge is -2.11. The summed E-state index contributed by atoms with van der Waals surface area (Å²) in [5, 5.41) is 5.48. The van der Waals surface area contributed by atoms with Crippen LogP contribution in [0.5, 0.6) is 11.5 Å². The predicted molar refractivity (Wildman–Crippen MR) is 70.4 cm³/mol. The molecule has 0 aromatic heterocycles. The second kappa shape index (κ2) is 5.40. The Kier molecular flexibility index (Phi) is 3.45. The fourth-order valence-corrected chi connectivity index (χ4v) is 2.36. The van der Waals surface area contributed by atoms with Crippen molar-refractivity contribution in [2.75, 3.05) is 13.3 Å². The predicted octanol–water partition coefficient (Wildman–Crippen LogP) is 0.353. The van der Waals surface area contributed by atoms with Crippen molar-refractivity contribution >= 4 is 11.8 Å². The van der Waals surface area contributed by atoms with Crippen LogP contribution in [-0.2, 0) is 16.0 Å². The van der Waals surface area contributed by atoms with Crippen molar-refractivity contribution in [1.82, 2.24) is 10.6 Å². The van der Waals surface area contributed by atoms with Crippen LogP contribution in [0.1, 0.15) is 18.4 Å². The number of ether oxygens (including phenoxy) is 2. The van der Waals surface area contributed by atoms with E-state index in [0.717, 1.165) is 17.1 Å². The van der Waals surface area contributed by atoms with E-state index in [9.17, 15) is 9.59 Å². The van der Waals surface area contributed by atoms with Crippen LogP contribution in [-0.4, -0.2) is 31.2 Å². The summed E-state index contributed by atoms with van der Waals surface area (Å²) in [5.74, 6) is 1.33. The number of hydrogen-bond acceptors (Lipinski definition) is 4. The molecule has 2 amide bonds. The summed E-state index contributed by atoms with van der Waals surface area (Å²) in [6.45, 7) is 0.793. The number of benzene rings is 1. The molecule has 1 aromatic rings. The van der Waals surface area contributed by atoms with E-state index in [4.69, 9.17) is 9.47 Å². The molecule has 2 aliphatic rings. The fourth-order valence-electron chi connectivity index (χ4n) is 2.36. The average Bonchev–Trinajstić information content (AvgIpc) is 3.06. The van der Waals surface area contributed by atoms with Gasteiger partial charge in [0.15, 0.2) is 11.5 Å². The topological polar surface area (TPSA) is 76.7 Å². The monoisotopic (exact) mass is 276 g/mol. The Bertz CT molecular complexity index is 544. The zero-order chi connectivity index (χ0) is 13.9. The highest BCUT2D eigenvalue weighted by Crippen LogP contribution is 2.32. The Labute approximate surface area is 116 Å². The summed E-state index contributed by atoms with van der Waals surface area (Å²) < 4.78 is 10.5. The second-order valence-corrected chi connectivity index (χ2v) is 4.89. The van der Waals surface area contributed by atoms with Gasteiger partial charge in [-0.3, -0.25) is 9.59 Å². The summed E-state index contributed by atoms with van der Waals surface area (Å²) in [6, 6.07) is 5.37. The fraction of sp³-hybridized carbons (Fsp3) is 0.429. The third-order valence-corrected chi connectivity index (χ3v) is 3.46. The second-order valence-electron chi connectivity index (χ2n) is 4.89. The van der Waals surface area contributed by atoms with Gasteiger partial charge >= 0.3 is 0 Å². The number of rotatable bonds is 4. The zero-order valence-electron chi connectivity index (χ0n) is 11.0. The van der Waals surface area contributed by atoms with E-state index >= 15 is 0 Å². The number of carbonyl (C=O) groups excluding carboxylic acids is 2. The van der Waals surface area contributed by atoms with Crippen molar-refractivity contribution in [2.24, 2.45) is 0 Å². The lowest BCUT2D eigenvalue weighted by atomic mass is 10.1. The first-order valence-electron chi connectivity index (χ1n) is 6.68. The zero-order valence-corrected chi connectivity index (χ0v) is 11.0. The Morgan fingerprint density at radius 2 is 2.20 bits per heavy atom. The Morgan fingerprint density at radius 3 is 3.00 bits per heavy atom. The van der Waals surface area contributed by atoms with Crippen molar-refractivity contribution < 1.29 is 19.1 Å². The van der Waals surface area contributed by atoms with Gasteiger partial charge in [0.2, 0.25) is 18.6 Å². The highest BCUT2D eigenvalue weighted by atomic mass is 16.7. The Morgan fingerprint density at radius 1 is 1.35 bits per heavy atom. The highest BCUT2D eigenvalue weighted by molar-refractivity contribution is 5.90. The molecule has 106 valence electrons. The minimum atomic E-state index is -0.376. The summed E-state index contributed by atoms with van der Waals surface area (Å²) in [7, 11) is 0. The largest absolute Gasteiger partial charge is 0.454 e. The molecule has 6 heteroatoms. The molecule has 3 rings (SSSR count). The van der Waals surface area contributed by atoms with Crippen LogP contribution in [0.4, 0.5) is 0 Å². The Balaban J connectivity index is 1.48. The summed E-state index contributed by atoms with van der Waals surface area (Å²) in [4.78, 5) is 22.8. The molecule has 1 aromatic carbocycles. The third kappa shape index (κ3) is 2.68. The standard InChI is InChI=1S/C14H16N2O4/c17-13-4-2-10(16-13)14(18)15-6-5-9-1-3-11-12(7-9)20-8-19-11/h1,3,7,10H,2,4-6,8H2,(H,15,18)(H,16,17). The smallest absolute Gasteiger partial charge is 0.242 e. The van der Waals surface area contributed by atoms with Crippen LogP contribution in [0, 0.1) is 0 Å². The minimum Gasteiger partial charge on any atom is -0.454 e. The summed E-state index contributed by atoms with van der Waals surface area (Å²) in [6.07, 6.45) is 1.72. The average molecular weight is 276 g/mol. The molecular formula is C14H16N2O4. The van der Waals surface area contributed by atoms with Gasteiger partial charge in [0.1, 0.15) is 6.04 Å². The number of carbonyl (C=O) groups is 2. The third-order valence-electron chi connectivity index (χ3n) is 3.46. The molecular weight excluding hydrogens is 260 g/mol. The van der Waals surface area contributed by atoms with Crippen LogP contribution >= 0.6 is 0 Å². The molecule has 1 unspecified atom stereocenters. The summed E-state index contributed by atoms with van der Waals surface area (Å²) >= 11 is 0. The first kappa shape index (κ1) is 12.8. The molecule has 2 heterocycles. The normalized spacial score (nSPS) is 19.8. The highest BCUT2D eigenvalue weighted by Gasteiger charge is 2.26. The number of amides is 2. The molecule has 20 heavy (non-hydrogen) atoms. The molecule has 0 radical (unpaired) electrons. The van der Waals surface area contributed by atoms with Gasteiger partial charge in [0, 0.05) is 13.0 Å². The van der Waals surface area contributed by atoms with Crippen molar-refractivity contribution in [1.29, 1.82) is 0 Å². The maximum Gasteiger partial charge on any atom is 0.242 e. The quantitative estimate of drug-likeness (QED) is 0.832. The van der Waals surface area contributed by atoms with Gasteiger partial charge in [-0.2, -0.15) is 0 Å². The minimum absolute atomic E-state index is 0.0547. The van der Waals surface area contributed by atoms with Crippen LogP contribution in [0.2, 0.25) is 0 Å². The van der Waals surface area contributed by atoms with E-state index in [1.165, 1.54) is 0 Å². The van der Waals surface area contributed by atoms with Crippen molar-refractivity contribution in [3.8, 4) is 11.5 Å². The molecule has 0 bridgehead atoms. The van der Waals surface area contributed by atoms with Gasteiger partial charge in [-0.1, -0.05) is 6.07 Å². The molecule has 1 saturated heterocycles. The van der Waals surface area contributed by atoms with Crippen LogP contribution in [0.25, 0.3) is 0 Å². The molecule has 1 fully saturated rings. The number of fused-ring (bicyclic) bond motifs is 1. The molecule has 0 aliphatic carbocycles. The molecule has 0 spiro atoms. The molecule has 2 aliphatic heterocycles. The van der Waals surface area contributed by atoms with E-state index in [0.29, 0.717) is 25.8 Å². The van der Waals surface area contributed by atoms with Gasteiger partial charge in [-0.15, -0.1) is 0 Å². The van der Waals surface area contributed by atoms with Crippen LogP contribution in [0.3, 0.4) is 0 Å². The Hall–Kier alpha value is -2.24. The first-order chi connectivity index (χ1) is 9.72. The van der Waals surface area contributed by atoms with E-state index in [2.05, 4.69) is 10.6 Å². The molecule has 6 nitrogen and oxygen atoms in total. The van der Waals surface area contributed by atoms with E-state index in [-0.39, 0.29) is 24.6 Å². The van der Waals surface area contributed by atoms with Crippen molar-refractivity contribution in [3.05, 3.63) is 23.8 Å². The van der Waals surface area contributed by atoms with Gasteiger partial charge in [-0.25, -0.2) is 0 Å². The van der Waals surface area contributed by atoms with E-state index in [1.54, 1.807) is 0 Å². The van der Waals surface area contributed by atoms with Gasteiger partial charge in [-0.05, 0) is 30.5 Å². The number of hydrogen-bond donors (Lipinski definition) is 2. The maximum atomic E-state index is 11.8. The maximum absolute atomic E-state index is 11.8. The lowest BCUT2D eigenvalue weighted by Crippen LogP contribution is -2.42. The summed E-state index contributed by atoms with van der Waals surface area (Å²) in [5.41, 5.74) is 1.07. The molecule has 2 N–H and O–H groups in total. The first-order valence-corrected chi connectivity index (χ1v) is 6.68.